The average molecular weight is 315 g/mol. The second-order valence-corrected chi connectivity index (χ2v) is 7.24. The van der Waals surface area contributed by atoms with E-state index in [1.807, 2.05) is 6.07 Å². The predicted molar refractivity (Wildman–Crippen MR) is 85.7 cm³/mol. The lowest BCUT2D eigenvalue weighted by atomic mass is 10.1. The Morgan fingerprint density at radius 2 is 2.21 bits per heavy atom. The maximum absolute atomic E-state index is 6.27. The molecule has 2 heterocycles. The Morgan fingerprint density at radius 3 is 2.74 bits per heavy atom. The third-order valence-corrected chi connectivity index (χ3v) is 5.62. The summed E-state index contributed by atoms with van der Waals surface area (Å²) in [5, 5.41) is 7.69. The van der Waals surface area contributed by atoms with Crippen LogP contribution in [0, 0.1) is 13.8 Å². The van der Waals surface area contributed by atoms with E-state index in [9.17, 15) is 0 Å². The van der Waals surface area contributed by atoms with Crippen LogP contribution in [0.5, 0.6) is 0 Å². The molecule has 2 aromatic rings. The Morgan fingerprint density at radius 1 is 1.42 bits per heavy atom. The lowest BCUT2D eigenvalue weighted by Crippen LogP contribution is -2.23. The van der Waals surface area contributed by atoms with Crippen molar-refractivity contribution in [3.63, 3.8) is 0 Å². The highest BCUT2D eigenvalue weighted by molar-refractivity contribution is 7.11. The van der Waals surface area contributed by atoms with Crippen molar-refractivity contribution >= 4 is 34.3 Å². The van der Waals surface area contributed by atoms with Crippen LogP contribution in [-0.4, -0.2) is 11.5 Å². The second kappa shape index (κ2) is 6.84. The van der Waals surface area contributed by atoms with E-state index in [1.165, 1.54) is 14.8 Å². The fourth-order valence-corrected chi connectivity index (χ4v) is 4.18. The molecular formula is C14H19ClN2S2. The zero-order valence-electron chi connectivity index (χ0n) is 11.5. The Balaban J connectivity index is 2.16. The van der Waals surface area contributed by atoms with E-state index < -0.39 is 0 Å². The molecule has 0 radical (unpaired) electrons. The van der Waals surface area contributed by atoms with Gasteiger partial charge in [-0.15, -0.1) is 22.7 Å². The van der Waals surface area contributed by atoms with Crippen LogP contribution in [0.3, 0.4) is 0 Å². The van der Waals surface area contributed by atoms with Gasteiger partial charge in [-0.1, -0.05) is 18.5 Å². The molecule has 0 aliphatic carbocycles. The van der Waals surface area contributed by atoms with E-state index in [2.05, 4.69) is 36.5 Å². The van der Waals surface area contributed by atoms with Gasteiger partial charge in [-0.3, -0.25) is 0 Å². The van der Waals surface area contributed by atoms with Crippen LogP contribution in [0.2, 0.25) is 5.02 Å². The standard InChI is InChI=1S/C14H19ClN2S2/c1-4-6-16-12(14-11(15)5-7-18-14)8-13-17-9(2)10(3)19-13/h5,7,12,16H,4,6,8H2,1-3H3. The minimum Gasteiger partial charge on any atom is -0.309 e. The molecule has 0 bridgehead atoms. The van der Waals surface area contributed by atoms with Gasteiger partial charge >= 0.3 is 0 Å². The third-order valence-electron chi connectivity index (χ3n) is 3.05. The number of thiazole rings is 1. The van der Waals surface area contributed by atoms with Crippen LogP contribution < -0.4 is 5.32 Å². The first-order chi connectivity index (χ1) is 9.11. The first-order valence-electron chi connectivity index (χ1n) is 6.51. The lowest BCUT2D eigenvalue weighted by molar-refractivity contribution is 0.535. The van der Waals surface area contributed by atoms with Crippen LogP contribution >= 0.6 is 34.3 Å². The SMILES string of the molecule is CCCNC(Cc1nc(C)c(C)s1)c1sccc1Cl. The molecule has 0 aliphatic rings. The summed E-state index contributed by atoms with van der Waals surface area (Å²) in [6.07, 6.45) is 2.04. The van der Waals surface area contributed by atoms with Crippen molar-refractivity contribution in [3.05, 3.63) is 36.9 Å². The van der Waals surface area contributed by atoms with Gasteiger partial charge in [0.05, 0.1) is 15.7 Å². The van der Waals surface area contributed by atoms with Crippen LogP contribution in [0.1, 0.15) is 39.8 Å². The molecule has 0 fully saturated rings. The lowest BCUT2D eigenvalue weighted by Gasteiger charge is -2.16. The Bertz CT molecular complexity index is 514. The van der Waals surface area contributed by atoms with Crippen molar-refractivity contribution in [2.24, 2.45) is 0 Å². The molecule has 19 heavy (non-hydrogen) atoms. The van der Waals surface area contributed by atoms with Crippen molar-refractivity contribution in [2.45, 2.75) is 39.7 Å². The molecule has 5 heteroatoms. The largest absolute Gasteiger partial charge is 0.309 e. The first-order valence-corrected chi connectivity index (χ1v) is 8.58. The summed E-state index contributed by atoms with van der Waals surface area (Å²) in [6, 6.07) is 2.25. The van der Waals surface area contributed by atoms with Crippen molar-refractivity contribution < 1.29 is 0 Å². The van der Waals surface area contributed by atoms with E-state index in [-0.39, 0.29) is 6.04 Å². The van der Waals surface area contributed by atoms with Crippen LogP contribution in [0.25, 0.3) is 0 Å². The van der Waals surface area contributed by atoms with Gasteiger partial charge in [-0.25, -0.2) is 4.98 Å². The molecule has 1 unspecified atom stereocenters. The molecule has 0 saturated heterocycles. The van der Waals surface area contributed by atoms with Crippen LogP contribution in [-0.2, 0) is 6.42 Å². The molecule has 0 spiro atoms. The highest BCUT2D eigenvalue weighted by Crippen LogP contribution is 2.32. The third kappa shape index (κ3) is 3.78. The molecule has 0 aromatic carbocycles. The zero-order valence-corrected chi connectivity index (χ0v) is 13.9. The normalized spacial score (nSPS) is 12.8. The average Bonchev–Trinajstić information content (AvgIpc) is 2.92. The van der Waals surface area contributed by atoms with E-state index >= 15 is 0 Å². The van der Waals surface area contributed by atoms with Crippen molar-refractivity contribution in [3.8, 4) is 0 Å². The molecule has 1 N–H and O–H groups in total. The van der Waals surface area contributed by atoms with Gasteiger partial charge in [0.1, 0.15) is 0 Å². The van der Waals surface area contributed by atoms with Crippen molar-refractivity contribution in [2.75, 3.05) is 6.54 Å². The number of hydrogen-bond acceptors (Lipinski definition) is 4. The quantitative estimate of drug-likeness (QED) is 0.831. The number of rotatable bonds is 6. The smallest absolute Gasteiger partial charge is 0.0950 e. The fraction of sp³-hybridized carbons (Fsp3) is 0.500. The van der Waals surface area contributed by atoms with Gasteiger partial charge in [0.25, 0.3) is 0 Å². The van der Waals surface area contributed by atoms with Crippen molar-refractivity contribution in [1.82, 2.24) is 10.3 Å². The molecular weight excluding hydrogens is 296 g/mol. The van der Waals surface area contributed by atoms with Gasteiger partial charge in [-0.2, -0.15) is 0 Å². The minimum atomic E-state index is 0.275. The summed E-state index contributed by atoms with van der Waals surface area (Å²) in [7, 11) is 0. The summed E-state index contributed by atoms with van der Waals surface area (Å²) < 4.78 is 0. The highest BCUT2D eigenvalue weighted by atomic mass is 35.5. The minimum absolute atomic E-state index is 0.275. The molecule has 0 amide bonds. The molecule has 0 aliphatic heterocycles. The number of aryl methyl sites for hydroxylation is 2. The van der Waals surface area contributed by atoms with E-state index in [0.29, 0.717) is 0 Å². The van der Waals surface area contributed by atoms with Gasteiger partial charge in [-0.05, 0) is 38.3 Å². The number of nitrogens with one attached hydrogen (secondary N) is 1. The zero-order chi connectivity index (χ0) is 13.8. The molecule has 0 saturated carbocycles. The number of aromatic nitrogens is 1. The fourth-order valence-electron chi connectivity index (χ4n) is 1.93. The monoisotopic (exact) mass is 314 g/mol. The number of halogens is 1. The van der Waals surface area contributed by atoms with Crippen LogP contribution in [0.15, 0.2) is 11.4 Å². The van der Waals surface area contributed by atoms with Gasteiger partial charge in [0.15, 0.2) is 0 Å². The maximum Gasteiger partial charge on any atom is 0.0950 e. The Kier molecular flexibility index (Phi) is 5.39. The summed E-state index contributed by atoms with van der Waals surface area (Å²) in [5.74, 6) is 0. The van der Waals surface area contributed by atoms with Gasteiger partial charge in [0.2, 0.25) is 0 Å². The second-order valence-electron chi connectivity index (χ2n) is 4.59. The summed E-state index contributed by atoms with van der Waals surface area (Å²) in [5.41, 5.74) is 1.14. The number of hydrogen-bond donors (Lipinski definition) is 1. The molecule has 2 nitrogen and oxygen atoms in total. The van der Waals surface area contributed by atoms with E-state index in [0.717, 1.165) is 30.1 Å². The first kappa shape index (κ1) is 15.0. The topological polar surface area (TPSA) is 24.9 Å². The summed E-state index contributed by atoms with van der Waals surface area (Å²) in [4.78, 5) is 7.17. The van der Waals surface area contributed by atoms with Gasteiger partial charge in [0, 0.05) is 22.2 Å². The number of nitrogens with zero attached hydrogens (tertiary/aromatic N) is 1. The van der Waals surface area contributed by atoms with E-state index in [1.54, 1.807) is 22.7 Å². The molecule has 2 aromatic heterocycles. The Hall–Kier alpha value is -0.420. The predicted octanol–water partition coefficient (Wildman–Crippen LogP) is 4.76. The summed E-state index contributed by atoms with van der Waals surface area (Å²) >= 11 is 9.78. The molecule has 2 rings (SSSR count). The molecule has 104 valence electrons. The number of thiophene rings is 1. The Labute approximate surface area is 127 Å². The van der Waals surface area contributed by atoms with Crippen LogP contribution in [0.4, 0.5) is 0 Å². The van der Waals surface area contributed by atoms with Gasteiger partial charge < -0.3 is 5.32 Å². The van der Waals surface area contributed by atoms with E-state index in [4.69, 9.17) is 11.6 Å². The summed E-state index contributed by atoms with van der Waals surface area (Å²) in [6.45, 7) is 7.38. The van der Waals surface area contributed by atoms with Crippen molar-refractivity contribution in [1.29, 1.82) is 0 Å². The highest BCUT2D eigenvalue weighted by Gasteiger charge is 2.18. The molecule has 1 atom stereocenters. The maximum atomic E-state index is 6.27.